The minimum Gasteiger partial charge on any atom is -0.379 e. The molecule has 0 fully saturated rings. The van der Waals surface area contributed by atoms with Gasteiger partial charge in [0.2, 0.25) is 5.91 Å². The van der Waals surface area contributed by atoms with E-state index in [0.29, 0.717) is 6.54 Å². The van der Waals surface area contributed by atoms with E-state index in [1.807, 2.05) is 31.2 Å². The van der Waals surface area contributed by atoms with Crippen LogP contribution in [0.15, 0.2) is 24.3 Å². The number of ether oxygens (including phenoxy) is 1. The van der Waals surface area contributed by atoms with Crippen LogP contribution in [0.2, 0.25) is 0 Å². The van der Waals surface area contributed by atoms with Crippen molar-refractivity contribution in [3.05, 3.63) is 35.4 Å². The largest absolute Gasteiger partial charge is 0.379 e. The van der Waals surface area contributed by atoms with Gasteiger partial charge in [0.1, 0.15) is 15.9 Å². The number of benzene rings is 1. The van der Waals surface area contributed by atoms with Crippen molar-refractivity contribution in [1.29, 1.82) is 0 Å². The van der Waals surface area contributed by atoms with Gasteiger partial charge in [-0.15, -0.1) is 12.4 Å². The number of amides is 1. The van der Waals surface area contributed by atoms with Gasteiger partial charge in [-0.05, 0) is 12.5 Å². The van der Waals surface area contributed by atoms with Crippen LogP contribution in [0.25, 0.3) is 0 Å². The minimum atomic E-state index is -3.01. The number of carbonyl (C=O) groups is 1. The molecule has 0 saturated carbocycles. The van der Waals surface area contributed by atoms with Crippen molar-refractivity contribution in [2.75, 3.05) is 31.8 Å². The summed E-state index contributed by atoms with van der Waals surface area (Å²) in [6, 6.07) is 6.72. The van der Waals surface area contributed by atoms with Gasteiger partial charge in [-0.2, -0.15) is 0 Å². The van der Waals surface area contributed by atoms with Crippen molar-refractivity contribution in [3.63, 3.8) is 0 Å². The van der Waals surface area contributed by atoms with Gasteiger partial charge in [-0.3, -0.25) is 4.79 Å². The monoisotopic (exact) mass is 350 g/mol. The molecule has 1 aromatic carbocycles. The molecular weight excluding hydrogens is 328 g/mol. The zero-order chi connectivity index (χ0) is 15.9. The predicted octanol–water partition coefficient (Wildman–Crippen LogP) is 0.594. The lowest BCUT2D eigenvalue weighted by molar-refractivity contribution is -0.122. The number of rotatable bonds is 8. The Morgan fingerprint density at radius 2 is 1.86 bits per heavy atom. The molecule has 0 aliphatic rings. The van der Waals surface area contributed by atoms with Gasteiger partial charge >= 0.3 is 0 Å². The molecule has 0 saturated heterocycles. The van der Waals surface area contributed by atoms with E-state index >= 15 is 0 Å². The third-order valence-electron chi connectivity index (χ3n) is 2.86. The quantitative estimate of drug-likeness (QED) is 0.669. The van der Waals surface area contributed by atoms with E-state index in [4.69, 9.17) is 10.5 Å². The zero-order valence-electron chi connectivity index (χ0n) is 12.7. The molecule has 0 bridgehead atoms. The van der Waals surface area contributed by atoms with E-state index in [1.54, 1.807) is 0 Å². The Kier molecular flexibility index (Phi) is 9.27. The highest BCUT2D eigenvalue weighted by molar-refractivity contribution is 7.90. The Morgan fingerprint density at radius 1 is 1.27 bits per heavy atom. The van der Waals surface area contributed by atoms with Crippen LogP contribution in [0.5, 0.6) is 0 Å². The molecule has 0 aliphatic heterocycles. The fraction of sp³-hybridized carbons (Fsp3) is 0.500. The Labute approximate surface area is 137 Å². The predicted molar refractivity (Wildman–Crippen MR) is 88.9 cm³/mol. The molecule has 1 atom stereocenters. The fourth-order valence-corrected chi connectivity index (χ4v) is 2.01. The van der Waals surface area contributed by atoms with Gasteiger partial charge in [-0.1, -0.05) is 29.8 Å². The topological polar surface area (TPSA) is 98.5 Å². The van der Waals surface area contributed by atoms with Gasteiger partial charge in [0.15, 0.2) is 0 Å². The first-order chi connectivity index (χ1) is 9.79. The number of carbonyl (C=O) groups excluding carboxylic acids is 1. The van der Waals surface area contributed by atoms with Crippen LogP contribution in [-0.2, 0) is 19.4 Å². The van der Waals surface area contributed by atoms with Crippen LogP contribution in [0.3, 0.4) is 0 Å². The van der Waals surface area contributed by atoms with E-state index in [1.165, 1.54) is 0 Å². The minimum absolute atomic E-state index is 0. The molecule has 1 aromatic rings. The smallest absolute Gasteiger partial charge is 0.241 e. The Hall–Kier alpha value is -1.15. The Morgan fingerprint density at radius 3 is 2.41 bits per heavy atom. The molecule has 6 nitrogen and oxygen atoms in total. The second kappa shape index (κ2) is 9.78. The summed E-state index contributed by atoms with van der Waals surface area (Å²) >= 11 is 0. The molecule has 3 N–H and O–H groups in total. The molecule has 1 rings (SSSR count). The highest BCUT2D eigenvalue weighted by Crippen LogP contribution is 2.11. The van der Waals surface area contributed by atoms with E-state index in [9.17, 15) is 13.2 Å². The normalized spacial score (nSPS) is 12.3. The summed E-state index contributed by atoms with van der Waals surface area (Å²) in [5.41, 5.74) is 7.70. The van der Waals surface area contributed by atoms with Gasteiger partial charge in [0.25, 0.3) is 0 Å². The van der Waals surface area contributed by atoms with E-state index in [-0.39, 0.29) is 37.3 Å². The molecule has 22 heavy (non-hydrogen) atoms. The number of hydrogen-bond acceptors (Lipinski definition) is 5. The highest BCUT2D eigenvalue weighted by atomic mass is 35.5. The van der Waals surface area contributed by atoms with Crippen molar-refractivity contribution in [2.24, 2.45) is 5.73 Å². The summed E-state index contributed by atoms with van der Waals surface area (Å²) < 4.78 is 26.9. The van der Waals surface area contributed by atoms with Crippen molar-refractivity contribution < 1.29 is 17.9 Å². The molecule has 1 unspecified atom stereocenters. The molecule has 1 amide bonds. The maximum absolute atomic E-state index is 11.8. The molecule has 0 radical (unpaired) electrons. The first-order valence-corrected chi connectivity index (χ1v) is 8.71. The molecule has 0 aliphatic carbocycles. The van der Waals surface area contributed by atoms with Gasteiger partial charge in [0.05, 0.1) is 19.0 Å². The first-order valence-electron chi connectivity index (χ1n) is 6.65. The second-order valence-corrected chi connectivity index (χ2v) is 7.18. The number of hydrogen-bond donors (Lipinski definition) is 2. The summed E-state index contributed by atoms with van der Waals surface area (Å²) in [6.45, 7) is 2.63. The van der Waals surface area contributed by atoms with E-state index < -0.39 is 15.9 Å². The summed E-state index contributed by atoms with van der Waals surface area (Å²) in [6.07, 6.45) is 1.15. The number of aryl methyl sites for hydroxylation is 1. The van der Waals surface area contributed by atoms with Crippen LogP contribution in [0.4, 0.5) is 0 Å². The van der Waals surface area contributed by atoms with Crippen LogP contribution in [-0.4, -0.2) is 46.1 Å². The number of nitrogens with one attached hydrogen (secondary N) is 1. The summed E-state index contributed by atoms with van der Waals surface area (Å²) in [7, 11) is -3.01. The Bertz CT molecular complexity index is 561. The average molecular weight is 351 g/mol. The number of nitrogens with two attached hydrogens (primary N) is 1. The number of halogens is 1. The maximum Gasteiger partial charge on any atom is 0.241 e. The zero-order valence-corrected chi connectivity index (χ0v) is 14.4. The fourth-order valence-electron chi connectivity index (χ4n) is 1.59. The lowest BCUT2D eigenvalue weighted by Gasteiger charge is -2.13. The van der Waals surface area contributed by atoms with Gasteiger partial charge in [-0.25, -0.2) is 8.42 Å². The standard InChI is InChI=1S/C14H22N2O4S.ClH/c1-11-3-5-12(6-4-11)13(15)14(17)16-7-8-20-9-10-21(2,18)19;/h3-6,13H,7-10,15H2,1-2H3,(H,16,17);1H. The van der Waals surface area contributed by atoms with Crippen molar-refractivity contribution in [1.82, 2.24) is 5.32 Å². The summed E-state index contributed by atoms with van der Waals surface area (Å²) in [5.74, 6) is -0.310. The van der Waals surface area contributed by atoms with Crippen molar-refractivity contribution >= 4 is 28.2 Å². The van der Waals surface area contributed by atoms with E-state index in [2.05, 4.69) is 5.32 Å². The summed E-state index contributed by atoms with van der Waals surface area (Å²) in [4.78, 5) is 11.8. The lowest BCUT2D eigenvalue weighted by Crippen LogP contribution is -2.36. The lowest BCUT2D eigenvalue weighted by atomic mass is 10.1. The van der Waals surface area contributed by atoms with Crippen LogP contribution >= 0.6 is 12.4 Å². The molecule has 126 valence electrons. The van der Waals surface area contributed by atoms with Crippen LogP contribution in [0, 0.1) is 6.92 Å². The highest BCUT2D eigenvalue weighted by Gasteiger charge is 2.14. The maximum atomic E-state index is 11.8. The molecule has 0 spiro atoms. The molecule has 0 heterocycles. The third kappa shape index (κ3) is 8.33. The van der Waals surface area contributed by atoms with E-state index in [0.717, 1.165) is 17.4 Å². The Balaban J connectivity index is 0.00000441. The molecular formula is C14H23ClN2O4S. The first kappa shape index (κ1) is 20.9. The second-order valence-electron chi connectivity index (χ2n) is 4.92. The van der Waals surface area contributed by atoms with Crippen LogP contribution in [0.1, 0.15) is 17.2 Å². The molecule has 8 heteroatoms. The third-order valence-corrected chi connectivity index (χ3v) is 3.77. The SMILES string of the molecule is Cc1ccc(C(N)C(=O)NCCOCCS(C)(=O)=O)cc1.Cl. The average Bonchev–Trinajstić information content (AvgIpc) is 2.41. The van der Waals surface area contributed by atoms with Gasteiger partial charge in [0, 0.05) is 12.8 Å². The van der Waals surface area contributed by atoms with Gasteiger partial charge < -0.3 is 15.8 Å². The summed E-state index contributed by atoms with van der Waals surface area (Å²) in [5, 5.41) is 2.65. The van der Waals surface area contributed by atoms with Crippen molar-refractivity contribution in [3.8, 4) is 0 Å². The van der Waals surface area contributed by atoms with Crippen molar-refractivity contribution in [2.45, 2.75) is 13.0 Å². The number of sulfone groups is 1. The molecule has 0 aromatic heterocycles. The van der Waals surface area contributed by atoms with Crippen LogP contribution < -0.4 is 11.1 Å².